The Morgan fingerprint density at radius 3 is 2.53 bits per heavy atom. The second-order valence-corrected chi connectivity index (χ2v) is 8.94. The molecule has 0 saturated heterocycles. The van der Waals surface area contributed by atoms with Crippen LogP contribution in [0.25, 0.3) is 6.08 Å². The second-order valence-electron chi connectivity index (χ2n) is 7.21. The van der Waals surface area contributed by atoms with E-state index in [1.165, 1.54) is 6.08 Å². The topological polar surface area (TPSA) is 71.3 Å². The van der Waals surface area contributed by atoms with E-state index in [2.05, 4.69) is 21.2 Å². The average molecular weight is 560 g/mol. The molecule has 0 radical (unpaired) electrons. The molecule has 5 nitrogen and oxygen atoms in total. The van der Waals surface area contributed by atoms with Gasteiger partial charge in [0.05, 0.1) is 11.6 Å². The van der Waals surface area contributed by atoms with Crippen LogP contribution in [0.2, 0.25) is 10.0 Å². The summed E-state index contributed by atoms with van der Waals surface area (Å²) in [6.07, 6.45) is 1.45. The van der Waals surface area contributed by atoms with Crippen molar-refractivity contribution >= 4 is 56.8 Å². The molecule has 0 aromatic heterocycles. The highest BCUT2D eigenvalue weighted by atomic mass is 79.9. The van der Waals surface area contributed by atoms with E-state index in [9.17, 15) is 10.1 Å². The van der Waals surface area contributed by atoms with Crippen LogP contribution >= 0.6 is 39.1 Å². The van der Waals surface area contributed by atoms with Crippen LogP contribution in [-0.4, -0.2) is 12.5 Å². The van der Waals surface area contributed by atoms with E-state index in [4.69, 9.17) is 32.7 Å². The lowest BCUT2D eigenvalue weighted by Crippen LogP contribution is -2.14. The van der Waals surface area contributed by atoms with Gasteiger partial charge in [0.2, 0.25) is 0 Å². The number of rotatable bonds is 8. The van der Waals surface area contributed by atoms with E-state index in [0.717, 1.165) is 10.0 Å². The van der Waals surface area contributed by atoms with E-state index in [1.54, 1.807) is 37.3 Å². The molecule has 34 heavy (non-hydrogen) atoms. The monoisotopic (exact) mass is 558 g/mol. The summed E-state index contributed by atoms with van der Waals surface area (Å²) in [6, 6.07) is 18.1. The number of halogens is 3. The number of hydrogen-bond acceptors (Lipinski definition) is 4. The molecule has 174 valence electrons. The molecule has 0 aliphatic carbocycles. The van der Waals surface area contributed by atoms with Crippen LogP contribution in [0, 0.1) is 18.3 Å². The third-order valence-electron chi connectivity index (χ3n) is 4.82. The third kappa shape index (κ3) is 6.54. The van der Waals surface area contributed by atoms with Gasteiger partial charge in [0.15, 0.2) is 11.5 Å². The van der Waals surface area contributed by atoms with Crippen molar-refractivity contribution in [1.29, 1.82) is 5.26 Å². The number of nitriles is 1. The summed E-state index contributed by atoms with van der Waals surface area (Å²) in [5.41, 5.74) is 2.64. The predicted octanol–water partition coefficient (Wildman–Crippen LogP) is 7.59. The van der Waals surface area contributed by atoms with Crippen molar-refractivity contribution in [3.05, 3.63) is 91.4 Å². The molecule has 0 spiro atoms. The van der Waals surface area contributed by atoms with Crippen LogP contribution < -0.4 is 14.8 Å². The molecule has 3 rings (SSSR count). The fourth-order valence-corrected chi connectivity index (χ4v) is 3.77. The number of anilines is 1. The van der Waals surface area contributed by atoms with Crippen LogP contribution in [0.5, 0.6) is 11.5 Å². The molecule has 1 N–H and O–H groups in total. The summed E-state index contributed by atoms with van der Waals surface area (Å²) in [6.45, 7) is 4.32. The van der Waals surface area contributed by atoms with Crippen molar-refractivity contribution in [2.45, 2.75) is 20.5 Å². The van der Waals surface area contributed by atoms with Gasteiger partial charge in [-0.1, -0.05) is 57.3 Å². The summed E-state index contributed by atoms with van der Waals surface area (Å²) >= 11 is 16.0. The third-order valence-corrected chi connectivity index (χ3v) is 6.04. The average Bonchev–Trinajstić information content (AvgIpc) is 2.81. The van der Waals surface area contributed by atoms with Crippen molar-refractivity contribution in [2.24, 2.45) is 0 Å². The zero-order valence-corrected chi connectivity index (χ0v) is 21.6. The van der Waals surface area contributed by atoms with Crippen LogP contribution in [0.1, 0.15) is 23.6 Å². The number of nitrogens with one attached hydrogen (secondary N) is 1. The standard InChI is InChI=1S/C26H21BrCl2N2O3/c1-3-33-24-13-18(12-22(29)25(24)34-15-17-7-9-20(27)10-8-17)11-19(14-30)26(32)31-23-6-4-5-21(28)16(23)2/h4-13H,3,15H2,1-2H3,(H,31,32)/b19-11+. The molecule has 8 heteroatoms. The second kappa shape index (κ2) is 11.9. The van der Waals surface area contributed by atoms with Gasteiger partial charge < -0.3 is 14.8 Å². The first-order valence-electron chi connectivity index (χ1n) is 10.3. The predicted molar refractivity (Wildman–Crippen MR) is 140 cm³/mol. The maximum absolute atomic E-state index is 12.7. The van der Waals surface area contributed by atoms with Gasteiger partial charge >= 0.3 is 0 Å². The number of ether oxygens (including phenoxy) is 2. The van der Waals surface area contributed by atoms with E-state index in [0.29, 0.717) is 51.6 Å². The van der Waals surface area contributed by atoms with Crippen molar-refractivity contribution in [1.82, 2.24) is 0 Å². The fourth-order valence-electron chi connectivity index (χ4n) is 3.06. The summed E-state index contributed by atoms with van der Waals surface area (Å²) in [5.74, 6) is 0.250. The van der Waals surface area contributed by atoms with Crippen molar-refractivity contribution in [3.63, 3.8) is 0 Å². The van der Waals surface area contributed by atoms with Gasteiger partial charge in [-0.25, -0.2) is 0 Å². The molecule has 0 heterocycles. The molecule has 0 aliphatic heterocycles. The Labute approximate surface area is 217 Å². The van der Waals surface area contributed by atoms with Gasteiger partial charge in [-0.05, 0) is 73.0 Å². The minimum Gasteiger partial charge on any atom is -0.490 e. The fraction of sp³-hybridized carbons (Fsp3) is 0.154. The highest BCUT2D eigenvalue weighted by Crippen LogP contribution is 2.38. The molecule has 1 amide bonds. The lowest BCUT2D eigenvalue weighted by Gasteiger charge is -2.15. The van der Waals surface area contributed by atoms with Crippen molar-refractivity contribution in [3.8, 4) is 17.6 Å². The van der Waals surface area contributed by atoms with E-state index in [-0.39, 0.29) is 5.57 Å². The zero-order chi connectivity index (χ0) is 24.7. The molecule has 0 atom stereocenters. The van der Waals surface area contributed by atoms with Gasteiger partial charge in [-0.3, -0.25) is 4.79 Å². The van der Waals surface area contributed by atoms with Crippen molar-refractivity contribution in [2.75, 3.05) is 11.9 Å². The Morgan fingerprint density at radius 2 is 1.85 bits per heavy atom. The lowest BCUT2D eigenvalue weighted by molar-refractivity contribution is -0.112. The van der Waals surface area contributed by atoms with Crippen LogP contribution in [-0.2, 0) is 11.4 Å². The molecule has 3 aromatic rings. The van der Waals surface area contributed by atoms with Crippen molar-refractivity contribution < 1.29 is 14.3 Å². The van der Waals surface area contributed by atoms with Gasteiger partial charge in [0.25, 0.3) is 5.91 Å². The number of amides is 1. The Bertz CT molecular complexity index is 1270. The van der Waals surface area contributed by atoms with Crippen LogP contribution in [0.3, 0.4) is 0 Å². The van der Waals surface area contributed by atoms with Crippen LogP contribution in [0.4, 0.5) is 5.69 Å². The lowest BCUT2D eigenvalue weighted by atomic mass is 10.1. The van der Waals surface area contributed by atoms with E-state index >= 15 is 0 Å². The number of carbonyl (C=O) groups excluding carboxylic acids is 1. The largest absolute Gasteiger partial charge is 0.490 e. The maximum atomic E-state index is 12.7. The molecule has 0 unspecified atom stereocenters. The smallest absolute Gasteiger partial charge is 0.266 e. The molecule has 3 aromatic carbocycles. The first kappa shape index (κ1) is 25.6. The molecule has 0 fully saturated rings. The summed E-state index contributed by atoms with van der Waals surface area (Å²) < 4.78 is 12.6. The van der Waals surface area contributed by atoms with E-state index < -0.39 is 5.91 Å². The first-order chi connectivity index (χ1) is 16.3. The molecular formula is C26H21BrCl2N2O3. The number of hydrogen-bond donors (Lipinski definition) is 1. The Morgan fingerprint density at radius 1 is 1.12 bits per heavy atom. The summed E-state index contributed by atoms with van der Waals surface area (Å²) in [7, 11) is 0. The Hall–Kier alpha value is -2.98. The summed E-state index contributed by atoms with van der Waals surface area (Å²) in [4.78, 5) is 12.7. The van der Waals surface area contributed by atoms with Crippen LogP contribution in [0.15, 0.2) is 64.6 Å². The van der Waals surface area contributed by atoms with Gasteiger partial charge in [0, 0.05) is 15.2 Å². The first-order valence-corrected chi connectivity index (χ1v) is 11.9. The Balaban J connectivity index is 1.86. The molecule has 0 saturated carbocycles. The number of nitrogens with zero attached hydrogens (tertiary/aromatic N) is 1. The zero-order valence-electron chi connectivity index (χ0n) is 18.5. The minimum absolute atomic E-state index is 0.0959. The van der Waals surface area contributed by atoms with Gasteiger partial charge in [-0.2, -0.15) is 5.26 Å². The van der Waals surface area contributed by atoms with E-state index in [1.807, 2.05) is 37.3 Å². The van der Waals surface area contributed by atoms with Gasteiger partial charge in [-0.15, -0.1) is 0 Å². The highest BCUT2D eigenvalue weighted by molar-refractivity contribution is 9.10. The Kier molecular flexibility index (Phi) is 9.00. The SMILES string of the molecule is CCOc1cc(/C=C(\C#N)C(=O)Nc2cccc(Cl)c2C)cc(Cl)c1OCc1ccc(Br)cc1. The molecule has 0 aliphatic rings. The quantitative estimate of drug-likeness (QED) is 0.228. The summed E-state index contributed by atoms with van der Waals surface area (Å²) in [5, 5.41) is 13.1. The highest BCUT2D eigenvalue weighted by Gasteiger charge is 2.16. The maximum Gasteiger partial charge on any atom is 0.266 e. The number of carbonyl (C=O) groups is 1. The molecular weight excluding hydrogens is 539 g/mol. The van der Waals surface area contributed by atoms with Gasteiger partial charge in [0.1, 0.15) is 18.2 Å². The number of benzene rings is 3. The molecule has 0 bridgehead atoms. The minimum atomic E-state index is -0.558. The normalized spacial score (nSPS) is 11.0.